The number of carbonyl (C=O) groups is 1. The number of nitrogens with one attached hydrogen (secondary N) is 1. The molecule has 1 unspecified atom stereocenters. The molecule has 8 nitrogen and oxygen atoms in total. The van der Waals surface area contributed by atoms with Gasteiger partial charge in [-0.15, -0.1) is 0 Å². The van der Waals surface area contributed by atoms with E-state index in [9.17, 15) is 4.79 Å². The summed E-state index contributed by atoms with van der Waals surface area (Å²) in [6.07, 6.45) is 5.12. The Labute approximate surface area is 169 Å². The highest BCUT2D eigenvalue weighted by molar-refractivity contribution is 5.89. The van der Waals surface area contributed by atoms with Gasteiger partial charge in [0.2, 0.25) is 5.95 Å². The van der Waals surface area contributed by atoms with E-state index >= 15 is 0 Å². The van der Waals surface area contributed by atoms with Crippen LogP contribution in [0.2, 0.25) is 0 Å². The van der Waals surface area contributed by atoms with E-state index in [1.54, 1.807) is 21.8 Å². The minimum Gasteiger partial charge on any atom is -0.447 e. The number of carbonyl (C=O) groups excluding carboxylic acids is 1. The lowest BCUT2D eigenvalue weighted by Gasteiger charge is -2.23. The van der Waals surface area contributed by atoms with Gasteiger partial charge in [-0.3, -0.25) is 9.58 Å². The van der Waals surface area contributed by atoms with Crippen molar-refractivity contribution in [3.8, 4) is 11.1 Å². The zero-order valence-electron chi connectivity index (χ0n) is 16.7. The molecule has 3 heterocycles. The average Bonchev–Trinajstić information content (AvgIpc) is 3.33. The van der Waals surface area contributed by atoms with E-state index in [4.69, 9.17) is 4.74 Å². The van der Waals surface area contributed by atoms with Crippen LogP contribution in [-0.2, 0) is 18.3 Å². The van der Waals surface area contributed by atoms with Crippen molar-refractivity contribution < 1.29 is 9.53 Å². The molecule has 0 radical (unpaired) electrons. The number of benzene rings is 1. The van der Waals surface area contributed by atoms with E-state index in [1.165, 1.54) is 0 Å². The van der Waals surface area contributed by atoms with Crippen LogP contribution in [-0.4, -0.2) is 38.5 Å². The molecule has 0 saturated carbocycles. The molecule has 1 aromatic carbocycles. The Morgan fingerprint density at radius 2 is 2.00 bits per heavy atom. The monoisotopic (exact) mass is 392 g/mol. The van der Waals surface area contributed by atoms with Gasteiger partial charge in [-0.25, -0.2) is 9.78 Å². The van der Waals surface area contributed by atoms with Gasteiger partial charge >= 0.3 is 6.09 Å². The molecule has 1 aliphatic rings. The standard InChI is InChI=1S/C21H24N6O2/c1-14(2)18-13-29-21(28)27(18)19-8-9-22-20(25-19)23-10-15-4-6-16(7-5-15)17-11-24-26(3)12-17/h4-9,11-12,14,18H,10,13H2,1-3H3,(H,22,23,25). The Hall–Kier alpha value is -3.42. The SMILES string of the molecule is CC(C)C1COC(=O)N1c1ccnc(NCc2ccc(-c3cnn(C)c3)cc2)n1. The second kappa shape index (κ2) is 7.90. The van der Waals surface area contributed by atoms with Gasteiger partial charge < -0.3 is 10.1 Å². The van der Waals surface area contributed by atoms with Gasteiger partial charge in [0.1, 0.15) is 12.4 Å². The largest absolute Gasteiger partial charge is 0.447 e. The molecule has 1 fully saturated rings. The van der Waals surface area contributed by atoms with Gasteiger partial charge in [0.05, 0.1) is 12.2 Å². The lowest BCUT2D eigenvalue weighted by atomic mass is 10.0. The van der Waals surface area contributed by atoms with Crippen LogP contribution in [0.5, 0.6) is 0 Å². The number of cyclic esters (lactones) is 1. The van der Waals surface area contributed by atoms with Crippen molar-refractivity contribution in [2.75, 3.05) is 16.8 Å². The summed E-state index contributed by atoms with van der Waals surface area (Å²) < 4.78 is 7.00. The van der Waals surface area contributed by atoms with Gasteiger partial charge in [0.25, 0.3) is 0 Å². The molecule has 29 heavy (non-hydrogen) atoms. The number of amides is 1. The summed E-state index contributed by atoms with van der Waals surface area (Å²) in [5.41, 5.74) is 3.31. The summed E-state index contributed by atoms with van der Waals surface area (Å²) in [7, 11) is 1.90. The van der Waals surface area contributed by atoms with E-state index in [-0.39, 0.29) is 18.1 Å². The van der Waals surface area contributed by atoms with E-state index in [1.807, 2.05) is 19.4 Å². The quantitative estimate of drug-likeness (QED) is 0.691. The molecule has 0 aliphatic carbocycles. The summed E-state index contributed by atoms with van der Waals surface area (Å²) in [4.78, 5) is 22.5. The highest BCUT2D eigenvalue weighted by Gasteiger charge is 2.37. The Balaban J connectivity index is 1.44. The molecule has 0 bridgehead atoms. The van der Waals surface area contributed by atoms with E-state index < -0.39 is 0 Å². The second-order valence-electron chi connectivity index (χ2n) is 7.45. The molecule has 2 aromatic heterocycles. The molecule has 1 amide bonds. The molecular weight excluding hydrogens is 368 g/mol. The smallest absolute Gasteiger partial charge is 0.415 e. The maximum absolute atomic E-state index is 12.1. The van der Waals surface area contributed by atoms with E-state index in [2.05, 4.69) is 58.5 Å². The third-order valence-corrected chi connectivity index (χ3v) is 5.01. The molecule has 1 aliphatic heterocycles. The Morgan fingerprint density at radius 1 is 1.21 bits per heavy atom. The van der Waals surface area contributed by atoms with Gasteiger partial charge in [-0.05, 0) is 23.1 Å². The van der Waals surface area contributed by atoms with Crippen LogP contribution in [0.3, 0.4) is 0 Å². The number of aryl methyl sites for hydroxylation is 1. The number of anilines is 2. The average molecular weight is 392 g/mol. The van der Waals surface area contributed by atoms with Crippen molar-refractivity contribution in [2.45, 2.75) is 26.4 Å². The minimum atomic E-state index is -0.362. The van der Waals surface area contributed by atoms with Gasteiger partial charge in [-0.2, -0.15) is 10.1 Å². The zero-order valence-corrected chi connectivity index (χ0v) is 16.7. The van der Waals surface area contributed by atoms with Crippen LogP contribution in [0.25, 0.3) is 11.1 Å². The number of rotatable bonds is 6. The summed E-state index contributed by atoms with van der Waals surface area (Å²) in [5.74, 6) is 1.29. The molecule has 1 N–H and O–H groups in total. The molecule has 0 spiro atoms. The van der Waals surface area contributed by atoms with Crippen LogP contribution >= 0.6 is 0 Å². The fourth-order valence-corrected chi connectivity index (χ4v) is 3.33. The zero-order chi connectivity index (χ0) is 20.4. The first-order chi connectivity index (χ1) is 14.0. The Bertz CT molecular complexity index is 998. The highest BCUT2D eigenvalue weighted by atomic mass is 16.6. The lowest BCUT2D eigenvalue weighted by Crippen LogP contribution is -2.37. The molecule has 3 aromatic rings. The van der Waals surface area contributed by atoms with Crippen molar-refractivity contribution in [3.05, 3.63) is 54.5 Å². The first-order valence-electron chi connectivity index (χ1n) is 9.62. The maximum atomic E-state index is 12.1. The fourth-order valence-electron chi connectivity index (χ4n) is 3.33. The van der Waals surface area contributed by atoms with Crippen molar-refractivity contribution >= 4 is 17.9 Å². The van der Waals surface area contributed by atoms with Crippen molar-refractivity contribution in [3.63, 3.8) is 0 Å². The van der Waals surface area contributed by atoms with Gasteiger partial charge in [0, 0.05) is 31.5 Å². The van der Waals surface area contributed by atoms with Gasteiger partial charge in [-0.1, -0.05) is 38.1 Å². The molecule has 150 valence electrons. The van der Waals surface area contributed by atoms with Crippen molar-refractivity contribution in [1.82, 2.24) is 19.7 Å². The number of hydrogen-bond acceptors (Lipinski definition) is 6. The number of nitrogens with zero attached hydrogens (tertiary/aromatic N) is 5. The third-order valence-electron chi connectivity index (χ3n) is 5.01. The molecule has 1 atom stereocenters. The van der Waals surface area contributed by atoms with Crippen LogP contribution in [0.15, 0.2) is 48.9 Å². The number of hydrogen-bond donors (Lipinski definition) is 1. The van der Waals surface area contributed by atoms with Gasteiger partial charge in [0.15, 0.2) is 0 Å². The minimum absolute atomic E-state index is 0.0229. The Morgan fingerprint density at radius 3 is 2.69 bits per heavy atom. The van der Waals surface area contributed by atoms with Crippen molar-refractivity contribution in [2.24, 2.45) is 13.0 Å². The van der Waals surface area contributed by atoms with E-state index in [0.29, 0.717) is 24.9 Å². The highest BCUT2D eigenvalue weighted by Crippen LogP contribution is 2.26. The molecule has 4 rings (SSSR count). The van der Waals surface area contributed by atoms with E-state index in [0.717, 1.165) is 16.7 Å². The number of aromatic nitrogens is 4. The third kappa shape index (κ3) is 4.06. The summed E-state index contributed by atoms with van der Waals surface area (Å²) in [6.45, 7) is 5.09. The topological polar surface area (TPSA) is 85.2 Å². The lowest BCUT2D eigenvalue weighted by molar-refractivity contribution is 0.177. The molecular formula is C21H24N6O2. The first-order valence-corrected chi connectivity index (χ1v) is 9.62. The number of ether oxygens (including phenoxy) is 1. The molecule has 8 heteroatoms. The fraction of sp³-hybridized carbons (Fsp3) is 0.333. The van der Waals surface area contributed by atoms with Crippen LogP contribution in [0.4, 0.5) is 16.6 Å². The molecule has 1 saturated heterocycles. The van der Waals surface area contributed by atoms with Crippen LogP contribution in [0.1, 0.15) is 19.4 Å². The predicted molar refractivity (Wildman–Crippen MR) is 110 cm³/mol. The summed E-state index contributed by atoms with van der Waals surface area (Å²) in [5, 5.41) is 7.43. The summed E-state index contributed by atoms with van der Waals surface area (Å²) >= 11 is 0. The van der Waals surface area contributed by atoms with Crippen LogP contribution < -0.4 is 10.2 Å². The maximum Gasteiger partial charge on any atom is 0.415 e. The second-order valence-corrected chi connectivity index (χ2v) is 7.45. The normalized spacial score (nSPS) is 16.3. The Kier molecular flexibility index (Phi) is 5.16. The van der Waals surface area contributed by atoms with Crippen LogP contribution in [0, 0.1) is 5.92 Å². The predicted octanol–water partition coefficient (Wildman–Crippen LogP) is 3.47. The summed E-state index contributed by atoms with van der Waals surface area (Å²) in [6, 6.07) is 9.97. The first kappa shape index (κ1) is 18.9. The van der Waals surface area contributed by atoms with Crippen molar-refractivity contribution in [1.29, 1.82) is 0 Å².